The van der Waals surface area contributed by atoms with E-state index in [1.807, 2.05) is 6.07 Å². The zero-order valence-electron chi connectivity index (χ0n) is 11.0. The maximum atomic E-state index is 13.5. The quantitative estimate of drug-likeness (QED) is 0.942. The molecule has 1 saturated carbocycles. The molecule has 2 heterocycles. The van der Waals surface area contributed by atoms with E-state index >= 15 is 0 Å². The summed E-state index contributed by atoms with van der Waals surface area (Å²) in [5.41, 5.74) is 3.14. The van der Waals surface area contributed by atoms with Crippen LogP contribution in [0.15, 0.2) is 18.2 Å². The first-order valence-corrected chi connectivity index (χ1v) is 7.74. The number of aliphatic hydroxyl groups is 1. The van der Waals surface area contributed by atoms with Crippen LogP contribution in [-0.4, -0.2) is 16.6 Å². The third kappa shape index (κ3) is 1.93. The maximum absolute atomic E-state index is 13.5. The molecule has 1 aliphatic carbocycles. The highest BCUT2D eigenvalue weighted by molar-refractivity contribution is 7.15. The first kappa shape index (κ1) is 12.3. The second-order valence-corrected chi connectivity index (χ2v) is 6.47. The van der Waals surface area contributed by atoms with Crippen molar-refractivity contribution >= 4 is 22.2 Å². The highest BCUT2D eigenvalue weighted by Gasteiger charge is 2.31. The molecule has 1 fully saturated rings. The van der Waals surface area contributed by atoms with E-state index in [0.29, 0.717) is 5.92 Å². The van der Waals surface area contributed by atoms with Crippen molar-refractivity contribution < 1.29 is 9.50 Å². The smallest absolute Gasteiger partial charge is 0.190 e. The number of hydrogen-bond acceptors (Lipinski definition) is 4. The van der Waals surface area contributed by atoms with E-state index in [4.69, 9.17) is 4.98 Å². The average Bonchev–Trinajstić information content (AvgIpc) is 3.07. The molecule has 1 N–H and O–H groups in total. The normalized spacial score (nSPS) is 17.6. The molecular formula is C15H15FN2OS. The number of hydrogen-bond donors (Lipinski definition) is 1. The number of benzene rings is 1. The third-order valence-electron chi connectivity index (χ3n) is 4.00. The number of aromatic nitrogens is 1. The van der Waals surface area contributed by atoms with Gasteiger partial charge in [-0.2, -0.15) is 0 Å². The van der Waals surface area contributed by atoms with Crippen LogP contribution in [0, 0.1) is 5.82 Å². The highest BCUT2D eigenvalue weighted by Crippen LogP contribution is 2.46. The second-order valence-electron chi connectivity index (χ2n) is 5.41. The maximum Gasteiger partial charge on any atom is 0.190 e. The van der Waals surface area contributed by atoms with Gasteiger partial charge in [-0.1, -0.05) is 17.4 Å². The van der Waals surface area contributed by atoms with Crippen LogP contribution in [0.1, 0.15) is 34.9 Å². The molecule has 3 nitrogen and oxygen atoms in total. The Bertz CT molecular complexity index is 666. The van der Waals surface area contributed by atoms with Gasteiger partial charge >= 0.3 is 0 Å². The summed E-state index contributed by atoms with van der Waals surface area (Å²) in [6.45, 7) is 0.884. The van der Waals surface area contributed by atoms with Crippen molar-refractivity contribution in [2.75, 3.05) is 11.4 Å². The molecule has 104 valence electrons. The molecule has 2 aromatic rings. The number of nitrogens with zero attached hydrogens (tertiary/aromatic N) is 2. The molecule has 1 aromatic carbocycles. The first-order valence-electron chi connectivity index (χ1n) is 6.92. The van der Waals surface area contributed by atoms with Crippen molar-refractivity contribution in [2.45, 2.75) is 31.8 Å². The Balaban J connectivity index is 1.74. The minimum Gasteiger partial charge on any atom is -0.391 e. The minimum absolute atomic E-state index is 0.0490. The van der Waals surface area contributed by atoms with E-state index in [1.165, 1.54) is 35.8 Å². The van der Waals surface area contributed by atoms with Crippen LogP contribution < -0.4 is 4.90 Å². The first-order chi connectivity index (χ1) is 9.76. The van der Waals surface area contributed by atoms with Crippen molar-refractivity contribution in [3.05, 3.63) is 40.2 Å². The van der Waals surface area contributed by atoms with Gasteiger partial charge in [-0.15, -0.1) is 0 Å². The van der Waals surface area contributed by atoms with E-state index in [1.54, 1.807) is 6.07 Å². The van der Waals surface area contributed by atoms with Gasteiger partial charge in [0, 0.05) is 18.2 Å². The average molecular weight is 290 g/mol. The molecule has 0 radical (unpaired) electrons. The Labute approximate surface area is 120 Å². The molecule has 1 aromatic heterocycles. The number of aliphatic hydroxyl groups excluding tert-OH is 1. The van der Waals surface area contributed by atoms with Crippen LogP contribution in [0.5, 0.6) is 0 Å². The fourth-order valence-corrected chi connectivity index (χ4v) is 3.85. The van der Waals surface area contributed by atoms with Crippen molar-refractivity contribution in [1.82, 2.24) is 4.98 Å². The van der Waals surface area contributed by atoms with Crippen LogP contribution in [-0.2, 0) is 13.0 Å². The van der Waals surface area contributed by atoms with Gasteiger partial charge < -0.3 is 10.0 Å². The topological polar surface area (TPSA) is 36.4 Å². The lowest BCUT2D eigenvalue weighted by molar-refractivity contribution is 0.284. The van der Waals surface area contributed by atoms with Crippen molar-refractivity contribution in [3.8, 4) is 0 Å². The highest BCUT2D eigenvalue weighted by atomic mass is 32.1. The Hall–Kier alpha value is -1.46. The molecule has 0 saturated heterocycles. The number of thiazole rings is 1. The van der Waals surface area contributed by atoms with E-state index in [2.05, 4.69) is 4.90 Å². The summed E-state index contributed by atoms with van der Waals surface area (Å²) in [5.74, 6) is 0.314. The van der Waals surface area contributed by atoms with Crippen LogP contribution in [0.3, 0.4) is 0 Å². The molecule has 0 spiro atoms. The van der Waals surface area contributed by atoms with Crippen LogP contribution in [0.25, 0.3) is 0 Å². The van der Waals surface area contributed by atoms with Gasteiger partial charge in [0.05, 0.1) is 17.2 Å². The summed E-state index contributed by atoms with van der Waals surface area (Å²) >= 11 is 1.54. The number of anilines is 2. The molecule has 0 bridgehead atoms. The van der Waals surface area contributed by atoms with Crippen LogP contribution in [0.4, 0.5) is 15.2 Å². The van der Waals surface area contributed by atoms with Gasteiger partial charge in [-0.25, -0.2) is 9.37 Å². The van der Waals surface area contributed by atoms with E-state index in [9.17, 15) is 9.50 Å². The summed E-state index contributed by atoms with van der Waals surface area (Å²) in [6, 6.07) is 4.95. The van der Waals surface area contributed by atoms with Crippen molar-refractivity contribution in [2.24, 2.45) is 0 Å². The number of rotatable bonds is 3. The lowest BCUT2D eigenvalue weighted by Gasteiger charge is -2.15. The van der Waals surface area contributed by atoms with Gasteiger partial charge in [-0.05, 0) is 37.0 Å². The second kappa shape index (κ2) is 4.53. The molecule has 20 heavy (non-hydrogen) atoms. The van der Waals surface area contributed by atoms with E-state index in [-0.39, 0.29) is 12.4 Å². The molecule has 1 aliphatic heterocycles. The van der Waals surface area contributed by atoms with Crippen LogP contribution in [0.2, 0.25) is 0 Å². The predicted molar refractivity (Wildman–Crippen MR) is 77.1 cm³/mol. The molecule has 5 heteroatoms. The summed E-state index contributed by atoms with van der Waals surface area (Å²) in [6.07, 6.45) is 3.26. The number of fused-ring (bicyclic) bond motifs is 1. The Morgan fingerprint density at radius 1 is 1.40 bits per heavy atom. The van der Waals surface area contributed by atoms with Crippen molar-refractivity contribution in [3.63, 3.8) is 0 Å². The van der Waals surface area contributed by atoms with Crippen LogP contribution >= 0.6 is 11.3 Å². The summed E-state index contributed by atoms with van der Waals surface area (Å²) in [4.78, 5) is 7.76. The van der Waals surface area contributed by atoms with Gasteiger partial charge in [-0.3, -0.25) is 0 Å². The summed E-state index contributed by atoms with van der Waals surface area (Å²) in [5, 5.41) is 10.4. The minimum atomic E-state index is -0.211. The fourth-order valence-electron chi connectivity index (χ4n) is 2.81. The standard InChI is InChI=1S/C15H15FN2OS/c16-11-4-3-9-5-6-18(12(9)7-11)15-17-14(10-1-2-10)13(8-19)20-15/h3-4,7,10,19H,1-2,5-6,8H2. The van der Waals surface area contributed by atoms with Crippen molar-refractivity contribution in [1.29, 1.82) is 0 Å². The summed E-state index contributed by atoms with van der Waals surface area (Å²) < 4.78 is 13.5. The molecule has 0 unspecified atom stereocenters. The SMILES string of the molecule is OCc1sc(N2CCc3ccc(F)cc32)nc1C1CC1. The molecule has 2 aliphatic rings. The fraction of sp³-hybridized carbons (Fsp3) is 0.400. The van der Waals surface area contributed by atoms with E-state index < -0.39 is 0 Å². The number of halogens is 1. The lowest BCUT2D eigenvalue weighted by atomic mass is 10.2. The predicted octanol–water partition coefficient (Wildman–Crippen LogP) is 3.35. The Kier molecular flexibility index (Phi) is 2.79. The summed E-state index contributed by atoms with van der Waals surface area (Å²) in [7, 11) is 0. The Morgan fingerprint density at radius 3 is 3.00 bits per heavy atom. The zero-order valence-corrected chi connectivity index (χ0v) is 11.8. The largest absolute Gasteiger partial charge is 0.391 e. The lowest BCUT2D eigenvalue weighted by Crippen LogP contribution is -2.13. The van der Waals surface area contributed by atoms with Gasteiger partial charge in [0.25, 0.3) is 0 Å². The Morgan fingerprint density at radius 2 is 2.25 bits per heavy atom. The molecule has 0 amide bonds. The molecule has 4 rings (SSSR count). The van der Waals surface area contributed by atoms with E-state index in [0.717, 1.165) is 34.4 Å². The molecular weight excluding hydrogens is 275 g/mol. The monoisotopic (exact) mass is 290 g/mol. The molecule has 0 atom stereocenters. The zero-order chi connectivity index (χ0) is 13.7. The van der Waals surface area contributed by atoms with Gasteiger partial charge in [0.1, 0.15) is 5.82 Å². The van der Waals surface area contributed by atoms with Gasteiger partial charge in [0.2, 0.25) is 0 Å². The van der Waals surface area contributed by atoms with Gasteiger partial charge in [0.15, 0.2) is 5.13 Å². The third-order valence-corrected chi connectivity index (χ3v) is 5.08.